The molecule has 1 N–H and O–H groups in total. The van der Waals surface area contributed by atoms with Crippen LogP contribution in [0.3, 0.4) is 0 Å². The maximum atomic E-state index is 12.3. The normalized spacial score (nSPS) is 18.2. The number of rotatable bonds is 6. The Bertz CT molecular complexity index is 713. The van der Waals surface area contributed by atoms with Crippen molar-refractivity contribution < 1.29 is 9.32 Å². The van der Waals surface area contributed by atoms with Crippen LogP contribution in [0.1, 0.15) is 35.7 Å². The number of nitrogens with zero attached hydrogens (tertiary/aromatic N) is 3. The zero-order valence-corrected chi connectivity index (χ0v) is 15.0. The Morgan fingerprint density at radius 1 is 1.36 bits per heavy atom. The molecular weight excluding hydrogens is 316 g/mol. The van der Waals surface area contributed by atoms with E-state index in [1.165, 1.54) is 11.1 Å². The molecule has 1 fully saturated rings. The second-order valence-electron chi connectivity index (χ2n) is 6.88. The van der Waals surface area contributed by atoms with Gasteiger partial charge in [0.1, 0.15) is 0 Å². The van der Waals surface area contributed by atoms with Gasteiger partial charge in [0.15, 0.2) is 5.82 Å². The van der Waals surface area contributed by atoms with Crippen LogP contribution >= 0.6 is 0 Å². The lowest BCUT2D eigenvalue weighted by Gasteiger charge is -2.31. The van der Waals surface area contributed by atoms with Crippen molar-refractivity contribution >= 4 is 5.91 Å². The Hall–Kier alpha value is -2.21. The lowest BCUT2D eigenvalue weighted by Crippen LogP contribution is -2.42. The van der Waals surface area contributed by atoms with E-state index >= 15 is 0 Å². The molecule has 0 aliphatic carbocycles. The molecule has 0 unspecified atom stereocenters. The molecule has 134 valence electrons. The average Bonchev–Trinajstić information content (AvgIpc) is 2.99. The van der Waals surface area contributed by atoms with E-state index in [2.05, 4.69) is 39.4 Å². The number of carbonyl (C=O) groups excluding carboxylic acids is 1. The van der Waals surface area contributed by atoms with Crippen molar-refractivity contribution in [2.24, 2.45) is 5.92 Å². The molecule has 1 atom stereocenters. The topological polar surface area (TPSA) is 71.3 Å². The number of carbonyl (C=O) groups is 1. The second-order valence-corrected chi connectivity index (χ2v) is 6.88. The van der Waals surface area contributed by atoms with Gasteiger partial charge in [-0.1, -0.05) is 29.4 Å². The molecule has 1 aromatic heterocycles. The van der Waals surface area contributed by atoms with Crippen molar-refractivity contribution in [1.29, 1.82) is 0 Å². The Kier molecular flexibility index (Phi) is 5.81. The summed E-state index contributed by atoms with van der Waals surface area (Å²) in [5.41, 5.74) is 2.37. The van der Waals surface area contributed by atoms with Gasteiger partial charge in [-0.2, -0.15) is 4.98 Å². The number of hydrogen-bond donors (Lipinski definition) is 1. The molecular formula is C19H26N4O2. The molecule has 2 heterocycles. The maximum absolute atomic E-state index is 12.3. The van der Waals surface area contributed by atoms with E-state index < -0.39 is 0 Å². The Morgan fingerprint density at radius 3 is 2.96 bits per heavy atom. The van der Waals surface area contributed by atoms with Gasteiger partial charge in [-0.05, 0) is 43.4 Å². The zero-order chi connectivity index (χ0) is 17.6. The molecule has 1 saturated heterocycles. The summed E-state index contributed by atoms with van der Waals surface area (Å²) in [7, 11) is 0. The van der Waals surface area contributed by atoms with Crippen molar-refractivity contribution in [3.63, 3.8) is 0 Å². The quantitative estimate of drug-likeness (QED) is 0.872. The smallest absolute Gasteiger partial charge is 0.234 e. The van der Waals surface area contributed by atoms with Crippen LogP contribution in [0.5, 0.6) is 0 Å². The fourth-order valence-corrected chi connectivity index (χ4v) is 3.41. The number of aryl methyl sites for hydroxylation is 2. The lowest BCUT2D eigenvalue weighted by atomic mass is 9.94. The number of hydrogen-bond acceptors (Lipinski definition) is 5. The number of benzene rings is 1. The molecule has 0 radical (unpaired) electrons. The van der Waals surface area contributed by atoms with E-state index in [1.807, 2.05) is 19.1 Å². The van der Waals surface area contributed by atoms with E-state index in [4.69, 9.17) is 4.52 Å². The van der Waals surface area contributed by atoms with E-state index in [9.17, 15) is 4.79 Å². The fraction of sp³-hybridized carbons (Fsp3) is 0.526. The number of likely N-dealkylation sites (tertiary alicyclic amines) is 1. The van der Waals surface area contributed by atoms with Crippen molar-refractivity contribution in [2.45, 2.75) is 39.7 Å². The van der Waals surface area contributed by atoms with Gasteiger partial charge in [-0.25, -0.2) is 0 Å². The Morgan fingerprint density at radius 2 is 2.20 bits per heavy atom. The molecule has 6 heteroatoms. The molecule has 25 heavy (non-hydrogen) atoms. The Balaban J connectivity index is 1.45. The van der Waals surface area contributed by atoms with Crippen LogP contribution in [0.25, 0.3) is 0 Å². The molecule has 1 aliphatic heterocycles. The highest BCUT2D eigenvalue weighted by Crippen LogP contribution is 2.19. The summed E-state index contributed by atoms with van der Waals surface area (Å²) in [6.07, 6.45) is 3.07. The zero-order valence-electron chi connectivity index (χ0n) is 15.0. The standard InChI is InChI=1S/C19H26N4O2/c1-14-6-3-4-8-17(14)11-20-19(24)13-23-9-5-7-16(12-23)10-18-21-15(2)25-22-18/h3-4,6,8,16H,5,7,9-13H2,1-2H3,(H,20,24)/t16-/m0/s1. The third-order valence-electron chi connectivity index (χ3n) is 4.75. The molecule has 1 amide bonds. The molecule has 0 spiro atoms. The van der Waals surface area contributed by atoms with E-state index in [0.29, 0.717) is 24.9 Å². The summed E-state index contributed by atoms with van der Waals surface area (Å²) >= 11 is 0. The number of aromatic nitrogens is 2. The monoisotopic (exact) mass is 342 g/mol. The highest BCUT2D eigenvalue weighted by molar-refractivity contribution is 5.78. The van der Waals surface area contributed by atoms with Gasteiger partial charge in [-0.15, -0.1) is 0 Å². The highest BCUT2D eigenvalue weighted by atomic mass is 16.5. The van der Waals surface area contributed by atoms with Gasteiger partial charge in [0, 0.05) is 26.4 Å². The van der Waals surface area contributed by atoms with Gasteiger partial charge in [0.05, 0.1) is 6.54 Å². The summed E-state index contributed by atoms with van der Waals surface area (Å²) in [4.78, 5) is 18.8. The molecule has 2 aromatic rings. The third kappa shape index (κ3) is 5.13. The van der Waals surface area contributed by atoms with Crippen LogP contribution < -0.4 is 5.32 Å². The average molecular weight is 342 g/mol. The first-order valence-corrected chi connectivity index (χ1v) is 8.93. The fourth-order valence-electron chi connectivity index (χ4n) is 3.41. The first-order chi connectivity index (χ1) is 12.1. The van der Waals surface area contributed by atoms with Gasteiger partial charge < -0.3 is 9.84 Å². The minimum absolute atomic E-state index is 0.0827. The van der Waals surface area contributed by atoms with E-state index in [1.54, 1.807) is 0 Å². The van der Waals surface area contributed by atoms with E-state index in [-0.39, 0.29) is 5.91 Å². The predicted molar refractivity (Wildman–Crippen MR) is 94.9 cm³/mol. The number of amides is 1. The van der Waals surface area contributed by atoms with Crippen molar-refractivity contribution in [1.82, 2.24) is 20.4 Å². The summed E-state index contributed by atoms with van der Waals surface area (Å²) < 4.78 is 5.04. The van der Waals surface area contributed by atoms with Gasteiger partial charge in [-0.3, -0.25) is 9.69 Å². The first-order valence-electron chi connectivity index (χ1n) is 8.93. The minimum Gasteiger partial charge on any atom is -0.351 e. The van der Waals surface area contributed by atoms with Crippen LogP contribution in [-0.2, 0) is 17.8 Å². The molecule has 0 bridgehead atoms. The first kappa shape index (κ1) is 17.6. The molecule has 1 aromatic carbocycles. The highest BCUT2D eigenvalue weighted by Gasteiger charge is 2.23. The predicted octanol–water partition coefficient (Wildman–Crippen LogP) is 2.26. The number of nitrogens with one attached hydrogen (secondary N) is 1. The molecule has 1 aliphatic rings. The van der Waals surface area contributed by atoms with Crippen LogP contribution in [0.2, 0.25) is 0 Å². The third-order valence-corrected chi connectivity index (χ3v) is 4.75. The summed E-state index contributed by atoms with van der Waals surface area (Å²) in [5, 5.41) is 7.02. The summed E-state index contributed by atoms with van der Waals surface area (Å²) in [5.74, 6) is 1.95. The van der Waals surface area contributed by atoms with Crippen molar-refractivity contribution in [3.8, 4) is 0 Å². The van der Waals surface area contributed by atoms with Gasteiger partial charge in [0.2, 0.25) is 11.8 Å². The summed E-state index contributed by atoms with van der Waals surface area (Å²) in [6, 6.07) is 8.14. The maximum Gasteiger partial charge on any atom is 0.234 e. The largest absolute Gasteiger partial charge is 0.351 e. The second kappa shape index (κ2) is 8.25. The summed E-state index contributed by atoms with van der Waals surface area (Å²) in [6.45, 7) is 6.79. The van der Waals surface area contributed by atoms with Crippen LogP contribution in [0.15, 0.2) is 28.8 Å². The van der Waals surface area contributed by atoms with Gasteiger partial charge >= 0.3 is 0 Å². The van der Waals surface area contributed by atoms with Crippen LogP contribution in [-0.4, -0.2) is 40.6 Å². The van der Waals surface area contributed by atoms with Crippen LogP contribution in [0, 0.1) is 19.8 Å². The minimum atomic E-state index is 0.0827. The van der Waals surface area contributed by atoms with E-state index in [0.717, 1.165) is 38.2 Å². The molecule has 6 nitrogen and oxygen atoms in total. The van der Waals surface area contributed by atoms with Gasteiger partial charge in [0.25, 0.3) is 0 Å². The lowest BCUT2D eigenvalue weighted by molar-refractivity contribution is -0.122. The number of piperidine rings is 1. The van der Waals surface area contributed by atoms with Crippen molar-refractivity contribution in [3.05, 3.63) is 47.1 Å². The molecule has 0 saturated carbocycles. The van der Waals surface area contributed by atoms with Crippen LogP contribution in [0.4, 0.5) is 0 Å². The Labute approximate surface area is 148 Å². The SMILES string of the molecule is Cc1nc(C[C@@H]2CCCN(CC(=O)NCc3ccccc3C)C2)no1. The molecule has 3 rings (SSSR count). The van der Waals surface area contributed by atoms with Crippen molar-refractivity contribution in [2.75, 3.05) is 19.6 Å².